The maximum absolute atomic E-state index is 12.1. The summed E-state index contributed by atoms with van der Waals surface area (Å²) in [4.78, 5) is 30.6. The number of rotatable bonds is 6. The second-order valence-corrected chi connectivity index (χ2v) is 4.88. The van der Waals surface area contributed by atoms with Gasteiger partial charge in [-0.15, -0.1) is 0 Å². The first kappa shape index (κ1) is 15.8. The summed E-state index contributed by atoms with van der Waals surface area (Å²) < 4.78 is 5.53. The Labute approximate surface area is 128 Å². The number of nitrogens with one attached hydrogen (secondary N) is 2. The first-order valence-electron chi connectivity index (χ1n) is 7.16. The first-order valence-corrected chi connectivity index (χ1v) is 7.16. The molecule has 116 valence electrons. The van der Waals surface area contributed by atoms with Crippen LogP contribution in [0.4, 0.5) is 0 Å². The lowest BCUT2D eigenvalue weighted by molar-refractivity contribution is 0.0949. The average Bonchev–Trinajstić information content (AvgIpc) is 2.51. The molecule has 0 unspecified atom stereocenters. The Morgan fingerprint density at radius 3 is 2.91 bits per heavy atom. The van der Waals surface area contributed by atoms with E-state index in [4.69, 9.17) is 4.74 Å². The fraction of sp³-hybridized carbons (Fsp3) is 0.312. The van der Waals surface area contributed by atoms with Crippen molar-refractivity contribution in [2.24, 2.45) is 0 Å². The van der Waals surface area contributed by atoms with Crippen LogP contribution in [-0.2, 0) is 6.54 Å². The van der Waals surface area contributed by atoms with Crippen LogP contribution in [-0.4, -0.2) is 22.5 Å². The minimum atomic E-state index is -0.424. The van der Waals surface area contributed by atoms with Crippen molar-refractivity contribution in [2.45, 2.75) is 26.8 Å². The lowest BCUT2D eigenvalue weighted by Crippen LogP contribution is -2.29. The van der Waals surface area contributed by atoms with Crippen molar-refractivity contribution in [1.82, 2.24) is 15.3 Å². The monoisotopic (exact) mass is 301 g/mol. The third-order valence-electron chi connectivity index (χ3n) is 3.03. The first-order chi connectivity index (χ1) is 10.6. The molecule has 0 radical (unpaired) electrons. The zero-order chi connectivity index (χ0) is 15.9. The normalized spacial score (nSPS) is 10.3. The van der Waals surface area contributed by atoms with E-state index in [2.05, 4.69) is 15.3 Å². The van der Waals surface area contributed by atoms with Gasteiger partial charge < -0.3 is 15.0 Å². The van der Waals surface area contributed by atoms with Crippen LogP contribution >= 0.6 is 0 Å². The van der Waals surface area contributed by atoms with Crippen molar-refractivity contribution in [1.29, 1.82) is 0 Å². The van der Waals surface area contributed by atoms with Gasteiger partial charge in [0, 0.05) is 24.0 Å². The summed E-state index contributed by atoms with van der Waals surface area (Å²) in [5.74, 6) is 0.0778. The van der Waals surface area contributed by atoms with Gasteiger partial charge in [0.1, 0.15) is 5.56 Å². The van der Waals surface area contributed by atoms with Crippen molar-refractivity contribution in [3.8, 4) is 5.88 Å². The van der Waals surface area contributed by atoms with E-state index in [1.165, 1.54) is 6.07 Å². The Bertz CT molecular complexity index is 710. The summed E-state index contributed by atoms with van der Waals surface area (Å²) >= 11 is 0. The number of carbonyl (C=O) groups is 1. The SMILES string of the molecule is CCCOc1ncccc1CNC(=O)c1ccc(C)[nH]c1=O. The van der Waals surface area contributed by atoms with Gasteiger partial charge in [-0.1, -0.05) is 13.0 Å². The highest BCUT2D eigenvalue weighted by molar-refractivity contribution is 5.93. The molecule has 0 bridgehead atoms. The molecule has 1 amide bonds. The largest absolute Gasteiger partial charge is 0.477 e. The quantitative estimate of drug-likeness (QED) is 0.852. The van der Waals surface area contributed by atoms with Crippen LogP contribution in [0, 0.1) is 6.92 Å². The van der Waals surface area contributed by atoms with E-state index in [0.29, 0.717) is 18.2 Å². The second kappa shape index (κ2) is 7.40. The molecule has 0 fully saturated rings. The number of aromatic nitrogens is 2. The fourth-order valence-corrected chi connectivity index (χ4v) is 1.91. The topological polar surface area (TPSA) is 84.1 Å². The van der Waals surface area contributed by atoms with E-state index in [-0.39, 0.29) is 12.1 Å². The molecular weight excluding hydrogens is 282 g/mol. The molecule has 6 nitrogen and oxygen atoms in total. The van der Waals surface area contributed by atoms with E-state index < -0.39 is 11.5 Å². The van der Waals surface area contributed by atoms with E-state index >= 15 is 0 Å². The molecular formula is C16H19N3O3. The molecule has 2 aromatic heterocycles. The van der Waals surface area contributed by atoms with Crippen LogP contribution in [0.2, 0.25) is 0 Å². The number of ether oxygens (including phenoxy) is 1. The summed E-state index contributed by atoms with van der Waals surface area (Å²) in [6, 6.07) is 6.81. The Morgan fingerprint density at radius 1 is 1.36 bits per heavy atom. The van der Waals surface area contributed by atoms with Crippen LogP contribution in [0.3, 0.4) is 0 Å². The van der Waals surface area contributed by atoms with Crippen LogP contribution in [0.5, 0.6) is 5.88 Å². The second-order valence-electron chi connectivity index (χ2n) is 4.88. The Morgan fingerprint density at radius 2 is 2.18 bits per heavy atom. The zero-order valence-electron chi connectivity index (χ0n) is 12.7. The van der Waals surface area contributed by atoms with Crippen molar-refractivity contribution >= 4 is 5.91 Å². The predicted octanol–water partition coefficient (Wildman–Crippen LogP) is 1.80. The van der Waals surface area contributed by atoms with E-state index in [0.717, 1.165) is 12.0 Å². The van der Waals surface area contributed by atoms with Crippen molar-refractivity contribution in [2.75, 3.05) is 6.61 Å². The molecule has 2 aromatic rings. The standard InChI is InChI=1S/C16H19N3O3/c1-3-9-22-16-12(5-4-8-17-16)10-18-14(20)13-7-6-11(2)19-15(13)21/h4-8H,3,9-10H2,1-2H3,(H,18,20)(H,19,21). The van der Waals surface area contributed by atoms with Gasteiger partial charge in [-0.05, 0) is 31.5 Å². The smallest absolute Gasteiger partial charge is 0.260 e. The third kappa shape index (κ3) is 3.94. The number of pyridine rings is 2. The molecule has 22 heavy (non-hydrogen) atoms. The number of hydrogen-bond donors (Lipinski definition) is 2. The van der Waals surface area contributed by atoms with Crippen LogP contribution in [0.25, 0.3) is 0 Å². The van der Waals surface area contributed by atoms with Crippen molar-refractivity contribution < 1.29 is 9.53 Å². The summed E-state index contributed by atoms with van der Waals surface area (Å²) in [6.07, 6.45) is 2.52. The van der Waals surface area contributed by atoms with E-state index in [1.54, 1.807) is 25.3 Å². The zero-order valence-corrected chi connectivity index (χ0v) is 12.7. The number of nitrogens with zero attached hydrogens (tertiary/aromatic N) is 1. The number of amides is 1. The molecule has 2 N–H and O–H groups in total. The maximum atomic E-state index is 12.1. The van der Waals surface area contributed by atoms with E-state index in [9.17, 15) is 9.59 Å². The molecule has 0 aliphatic heterocycles. The third-order valence-corrected chi connectivity index (χ3v) is 3.03. The Balaban J connectivity index is 2.06. The van der Waals surface area contributed by atoms with Gasteiger partial charge in [-0.3, -0.25) is 9.59 Å². The van der Waals surface area contributed by atoms with Crippen molar-refractivity contribution in [3.63, 3.8) is 0 Å². The molecule has 0 atom stereocenters. The lowest BCUT2D eigenvalue weighted by Gasteiger charge is -2.10. The predicted molar refractivity (Wildman–Crippen MR) is 83.0 cm³/mol. The molecule has 0 aliphatic carbocycles. The van der Waals surface area contributed by atoms with Gasteiger partial charge in [0.2, 0.25) is 5.88 Å². The molecule has 0 aromatic carbocycles. The highest BCUT2D eigenvalue weighted by atomic mass is 16.5. The van der Waals surface area contributed by atoms with Gasteiger partial charge in [-0.2, -0.15) is 0 Å². The number of H-pyrrole nitrogens is 1. The molecule has 0 spiro atoms. The van der Waals surface area contributed by atoms with Crippen LogP contribution < -0.4 is 15.6 Å². The van der Waals surface area contributed by atoms with Gasteiger partial charge >= 0.3 is 0 Å². The van der Waals surface area contributed by atoms with E-state index in [1.807, 2.05) is 13.0 Å². The van der Waals surface area contributed by atoms with Gasteiger partial charge in [0.25, 0.3) is 11.5 Å². The molecule has 0 aliphatic rings. The highest BCUT2D eigenvalue weighted by Crippen LogP contribution is 2.14. The summed E-state index contributed by atoms with van der Waals surface area (Å²) in [7, 11) is 0. The number of hydrogen-bond acceptors (Lipinski definition) is 4. The highest BCUT2D eigenvalue weighted by Gasteiger charge is 2.11. The minimum Gasteiger partial charge on any atom is -0.477 e. The molecule has 2 heterocycles. The number of carbonyl (C=O) groups excluding carboxylic acids is 1. The average molecular weight is 301 g/mol. The summed E-state index contributed by atoms with van der Waals surface area (Å²) in [5, 5.41) is 2.71. The fourth-order valence-electron chi connectivity index (χ4n) is 1.91. The summed E-state index contributed by atoms with van der Waals surface area (Å²) in [5.41, 5.74) is 1.17. The number of aryl methyl sites for hydroxylation is 1. The molecule has 6 heteroatoms. The Hall–Kier alpha value is -2.63. The van der Waals surface area contributed by atoms with Crippen LogP contribution in [0.15, 0.2) is 35.3 Å². The molecule has 0 saturated carbocycles. The molecule has 0 saturated heterocycles. The van der Waals surface area contributed by atoms with Crippen molar-refractivity contribution in [3.05, 3.63) is 57.6 Å². The van der Waals surface area contributed by atoms with Gasteiger partial charge in [-0.25, -0.2) is 4.98 Å². The summed E-state index contributed by atoms with van der Waals surface area (Å²) in [6.45, 7) is 4.58. The lowest BCUT2D eigenvalue weighted by atomic mass is 10.2. The van der Waals surface area contributed by atoms with Crippen LogP contribution in [0.1, 0.15) is 35.0 Å². The van der Waals surface area contributed by atoms with Gasteiger partial charge in [0.05, 0.1) is 6.61 Å². The number of aromatic amines is 1. The van der Waals surface area contributed by atoms with Gasteiger partial charge in [0.15, 0.2) is 0 Å². The molecule has 2 rings (SSSR count). The minimum absolute atomic E-state index is 0.0884. The Kier molecular flexibility index (Phi) is 5.30. The maximum Gasteiger partial charge on any atom is 0.260 e.